The van der Waals surface area contributed by atoms with E-state index in [-0.39, 0.29) is 22.9 Å². The minimum Gasteiger partial charge on any atom is -0.349 e. The van der Waals surface area contributed by atoms with Gasteiger partial charge < -0.3 is 10.2 Å². The molecule has 8 heteroatoms. The Morgan fingerprint density at radius 1 is 1.39 bits per heavy atom. The highest BCUT2D eigenvalue weighted by Crippen LogP contribution is 2.24. The summed E-state index contributed by atoms with van der Waals surface area (Å²) in [5.74, 6) is -0.236. The number of aromatic nitrogens is 3. The molecule has 0 bridgehead atoms. The number of rotatable bonds is 4. The summed E-state index contributed by atoms with van der Waals surface area (Å²) in [6, 6.07) is 9.51. The van der Waals surface area contributed by atoms with Crippen molar-refractivity contribution in [1.29, 1.82) is 0 Å². The lowest BCUT2D eigenvalue weighted by Gasteiger charge is -2.16. The Morgan fingerprint density at radius 3 is 2.78 bits per heavy atom. The topological polar surface area (TPSA) is 80.1 Å². The summed E-state index contributed by atoms with van der Waals surface area (Å²) in [6.07, 6.45) is 0.408. The van der Waals surface area contributed by atoms with Crippen molar-refractivity contribution in [2.24, 2.45) is 13.0 Å². The third kappa shape index (κ3) is 3.34. The number of carbonyl (C=O) groups is 2. The van der Waals surface area contributed by atoms with Crippen LogP contribution in [-0.2, 0) is 11.8 Å². The normalized spacial score (nSPS) is 17.6. The second-order valence-corrected chi connectivity index (χ2v) is 5.79. The van der Waals surface area contributed by atoms with Crippen LogP contribution in [-0.4, -0.2) is 39.7 Å². The molecule has 1 atom stereocenters. The molecule has 120 valence electrons. The lowest BCUT2D eigenvalue weighted by molar-refractivity contribution is -0.117. The van der Waals surface area contributed by atoms with E-state index in [1.807, 2.05) is 30.3 Å². The number of benzene rings is 1. The van der Waals surface area contributed by atoms with Gasteiger partial charge in [-0.1, -0.05) is 18.2 Å². The van der Waals surface area contributed by atoms with Gasteiger partial charge in [0.25, 0.3) is 5.91 Å². The van der Waals surface area contributed by atoms with Crippen LogP contribution in [0.5, 0.6) is 0 Å². The molecule has 0 spiro atoms. The molecule has 1 aromatic carbocycles. The SMILES string of the molecule is Cn1nc(C(=O)NCC2CC(=O)N(c3ccccc3)C2)nc1Cl. The third-order valence-corrected chi connectivity index (χ3v) is 4.07. The Kier molecular flexibility index (Phi) is 4.29. The van der Waals surface area contributed by atoms with E-state index in [0.29, 0.717) is 19.5 Å². The number of para-hydroxylation sites is 1. The molecule has 2 heterocycles. The molecule has 1 aliphatic heterocycles. The van der Waals surface area contributed by atoms with E-state index in [1.54, 1.807) is 11.9 Å². The van der Waals surface area contributed by atoms with Gasteiger partial charge >= 0.3 is 0 Å². The zero-order chi connectivity index (χ0) is 16.4. The highest BCUT2D eigenvalue weighted by molar-refractivity contribution is 6.28. The Morgan fingerprint density at radius 2 is 2.13 bits per heavy atom. The van der Waals surface area contributed by atoms with Crippen LogP contribution < -0.4 is 10.2 Å². The average Bonchev–Trinajstić information content (AvgIpc) is 3.09. The lowest BCUT2D eigenvalue weighted by Crippen LogP contribution is -2.31. The average molecular weight is 334 g/mol. The van der Waals surface area contributed by atoms with Gasteiger partial charge in [0, 0.05) is 38.2 Å². The van der Waals surface area contributed by atoms with E-state index in [0.717, 1.165) is 5.69 Å². The van der Waals surface area contributed by atoms with Crippen molar-refractivity contribution in [2.45, 2.75) is 6.42 Å². The van der Waals surface area contributed by atoms with Gasteiger partial charge in [-0.25, -0.2) is 4.68 Å². The fourth-order valence-corrected chi connectivity index (χ4v) is 2.67. The molecule has 23 heavy (non-hydrogen) atoms. The maximum atomic E-state index is 12.1. The molecule has 0 saturated carbocycles. The van der Waals surface area contributed by atoms with E-state index >= 15 is 0 Å². The zero-order valence-electron chi connectivity index (χ0n) is 12.6. The Labute approximate surface area is 138 Å². The number of anilines is 1. The number of halogens is 1. The van der Waals surface area contributed by atoms with Crippen molar-refractivity contribution >= 4 is 29.1 Å². The van der Waals surface area contributed by atoms with Gasteiger partial charge in [-0.2, -0.15) is 4.98 Å². The molecule has 1 aromatic heterocycles. The van der Waals surface area contributed by atoms with Gasteiger partial charge in [0.1, 0.15) is 0 Å². The van der Waals surface area contributed by atoms with Crippen LogP contribution in [0, 0.1) is 5.92 Å². The predicted molar refractivity (Wildman–Crippen MR) is 85.2 cm³/mol. The largest absolute Gasteiger partial charge is 0.349 e. The second-order valence-electron chi connectivity index (χ2n) is 5.45. The zero-order valence-corrected chi connectivity index (χ0v) is 13.3. The van der Waals surface area contributed by atoms with Crippen molar-refractivity contribution < 1.29 is 9.59 Å². The van der Waals surface area contributed by atoms with E-state index in [2.05, 4.69) is 15.4 Å². The summed E-state index contributed by atoms with van der Waals surface area (Å²) < 4.78 is 1.33. The monoisotopic (exact) mass is 333 g/mol. The number of nitrogens with one attached hydrogen (secondary N) is 1. The Balaban J connectivity index is 1.57. The van der Waals surface area contributed by atoms with Crippen molar-refractivity contribution in [3.63, 3.8) is 0 Å². The van der Waals surface area contributed by atoms with Crippen LogP contribution in [0.2, 0.25) is 5.28 Å². The summed E-state index contributed by atoms with van der Waals surface area (Å²) in [7, 11) is 1.61. The maximum Gasteiger partial charge on any atom is 0.291 e. The molecule has 0 radical (unpaired) electrons. The number of amides is 2. The molecular formula is C15H16ClN5O2. The van der Waals surface area contributed by atoms with Crippen LogP contribution in [0.1, 0.15) is 17.0 Å². The van der Waals surface area contributed by atoms with Crippen molar-refractivity contribution in [3.05, 3.63) is 41.4 Å². The molecule has 7 nitrogen and oxygen atoms in total. The minimum atomic E-state index is -0.391. The van der Waals surface area contributed by atoms with Gasteiger partial charge in [0.05, 0.1) is 0 Å². The molecule has 3 rings (SSSR count). The molecular weight excluding hydrogens is 318 g/mol. The van der Waals surface area contributed by atoms with Crippen LogP contribution in [0.4, 0.5) is 5.69 Å². The quantitative estimate of drug-likeness (QED) is 0.913. The van der Waals surface area contributed by atoms with Crippen LogP contribution >= 0.6 is 11.6 Å². The van der Waals surface area contributed by atoms with E-state index in [1.165, 1.54) is 4.68 Å². The number of aryl methyl sites for hydroxylation is 1. The lowest BCUT2D eigenvalue weighted by atomic mass is 10.1. The number of carbonyl (C=O) groups excluding carboxylic acids is 2. The number of nitrogens with zero attached hydrogens (tertiary/aromatic N) is 4. The standard InChI is InChI=1S/C15H16ClN5O2/c1-20-15(16)18-13(19-20)14(23)17-8-10-7-12(22)21(9-10)11-5-3-2-4-6-11/h2-6,10H,7-9H2,1H3,(H,17,23). The molecule has 0 aliphatic carbocycles. The first kappa shape index (κ1) is 15.5. The fraction of sp³-hybridized carbons (Fsp3) is 0.333. The van der Waals surface area contributed by atoms with Crippen molar-refractivity contribution in [3.8, 4) is 0 Å². The second kappa shape index (κ2) is 6.37. The van der Waals surface area contributed by atoms with Crippen molar-refractivity contribution in [1.82, 2.24) is 20.1 Å². The highest BCUT2D eigenvalue weighted by atomic mass is 35.5. The van der Waals surface area contributed by atoms with Gasteiger partial charge in [-0.05, 0) is 23.7 Å². The summed E-state index contributed by atoms with van der Waals surface area (Å²) in [5, 5.41) is 6.83. The molecule has 1 aliphatic rings. The number of hydrogen-bond acceptors (Lipinski definition) is 4. The van der Waals surface area contributed by atoms with E-state index in [9.17, 15) is 9.59 Å². The predicted octanol–water partition coefficient (Wildman–Crippen LogP) is 1.25. The van der Waals surface area contributed by atoms with Gasteiger partial charge in [0.15, 0.2) is 0 Å². The summed E-state index contributed by atoms with van der Waals surface area (Å²) >= 11 is 5.76. The molecule has 1 unspecified atom stereocenters. The Hall–Kier alpha value is -2.41. The van der Waals surface area contributed by atoms with Gasteiger partial charge in [0.2, 0.25) is 17.0 Å². The van der Waals surface area contributed by atoms with E-state index in [4.69, 9.17) is 11.6 Å². The molecule has 1 N–H and O–H groups in total. The fourth-order valence-electron chi connectivity index (χ4n) is 2.55. The molecule has 2 amide bonds. The summed E-state index contributed by atoms with van der Waals surface area (Å²) in [6.45, 7) is 0.976. The minimum absolute atomic E-state index is 0.0294. The van der Waals surface area contributed by atoms with Gasteiger partial charge in [-0.15, -0.1) is 5.10 Å². The first-order chi connectivity index (χ1) is 11.0. The van der Waals surface area contributed by atoms with Gasteiger partial charge in [-0.3, -0.25) is 9.59 Å². The summed E-state index contributed by atoms with van der Waals surface area (Å²) in [5.41, 5.74) is 0.879. The first-order valence-electron chi connectivity index (χ1n) is 7.24. The smallest absolute Gasteiger partial charge is 0.291 e. The Bertz CT molecular complexity index is 711. The maximum absolute atomic E-state index is 12.1. The highest BCUT2D eigenvalue weighted by Gasteiger charge is 2.30. The first-order valence-corrected chi connectivity index (χ1v) is 7.62. The van der Waals surface area contributed by atoms with Crippen molar-refractivity contribution in [2.75, 3.05) is 18.0 Å². The van der Waals surface area contributed by atoms with Crippen LogP contribution in [0.15, 0.2) is 30.3 Å². The summed E-state index contributed by atoms with van der Waals surface area (Å²) in [4.78, 5) is 29.7. The third-order valence-electron chi connectivity index (χ3n) is 3.74. The van der Waals surface area contributed by atoms with Crippen LogP contribution in [0.25, 0.3) is 0 Å². The number of hydrogen-bond donors (Lipinski definition) is 1. The van der Waals surface area contributed by atoms with Crippen LogP contribution in [0.3, 0.4) is 0 Å². The molecule has 1 saturated heterocycles. The van der Waals surface area contributed by atoms with E-state index < -0.39 is 5.91 Å². The molecule has 2 aromatic rings. The molecule has 1 fully saturated rings.